The lowest BCUT2D eigenvalue weighted by atomic mass is 10.2. The van der Waals surface area contributed by atoms with Crippen LogP contribution in [0.25, 0.3) is 20.7 Å². The Morgan fingerprint density at radius 3 is 2.64 bits per heavy atom. The van der Waals surface area contributed by atoms with Crippen LogP contribution in [0.2, 0.25) is 0 Å². The second-order valence-electron chi connectivity index (χ2n) is 5.67. The maximum absolute atomic E-state index is 13.1. The van der Waals surface area contributed by atoms with Crippen molar-refractivity contribution in [1.29, 1.82) is 0 Å². The number of hydrogen-bond acceptors (Lipinski definition) is 5. The van der Waals surface area contributed by atoms with E-state index >= 15 is 0 Å². The van der Waals surface area contributed by atoms with E-state index in [1.165, 1.54) is 12.1 Å². The summed E-state index contributed by atoms with van der Waals surface area (Å²) in [7, 11) is 0. The Balaban J connectivity index is 1.69. The van der Waals surface area contributed by atoms with Gasteiger partial charge in [-0.3, -0.25) is 4.98 Å². The predicted molar refractivity (Wildman–Crippen MR) is 99.1 cm³/mol. The minimum atomic E-state index is -0.240. The summed E-state index contributed by atoms with van der Waals surface area (Å²) in [5.41, 5.74) is 2.78. The second-order valence-corrected chi connectivity index (χ2v) is 6.73. The molecule has 0 aliphatic carbocycles. The summed E-state index contributed by atoms with van der Waals surface area (Å²) in [5.74, 6) is 0.540. The Kier molecular flexibility index (Phi) is 4.11. The Labute approximate surface area is 148 Å². The number of aromatic nitrogens is 3. The lowest BCUT2D eigenvalue weighted by molar-refractivity contribution is 0.628. The van der Waals surface area contributed by atoms with Crippen molar-refractivity contribution in [3.8, 4) is 10.4 Å². The molecule has 1 atom stereocenters. The van der Waals surface area contributed by atoms with Crippen LogP contribution in [-0.2, 0) is 0 Å². The molecule has 25 heavy (non-hydrogen) atoms. The van der Waals surface area contributed by atoms with E-state index in [1.54, 1.807) is 36.0 Å². The lowest BCUT2D eigenvalue weighted by Crippen LogP contribution is -2.09. The van der Waals surface area contributed by atoms with E-state index in [0.29, 0.717) is 0 Å². The van der Waals surface area contributed by atoms with Crippen molar-refractivity contribution in [1.82, 2.24) is 15.0 Å². The smallest absolute Gasteiger partial charge is 0.147 e. The molecule has 1 unspecified atom stereocenters. The van der Waals surface area contributed by atoms with E-state index in [2.05, 4.69) is 20.3 Å². The lowest BCUT2D eigenvalue weighted by Gasteiger charge is -2.14. The van der Waals surface area contributed by atoms with Crippen molar-refractivity contribution in [2.75, 3.05) is 5.32 Å². The van der Waals surface area contributed by atoms with Crippen molar-refractivity contribution < 1.29 is 4.39 Å². The molecular formula is C19H15FN4S. The summed E-state index contributed by atoms with van der Waals surface area (Å²) in [5, 5.41) is 3.41. The number of thiophene rings is 1. The maximum atomic E-state index is 13.1. The summed E-state index contributed by atoms with van der Waals surface area (Å²) >= 11 is 1.59. The molecule has 0 fully saturated rings. The molecular weight excluding hydrogens is 335 g/mol. The third-order valence-electron chi connectivity index (χ3n) is 3.92. The zero-order valence-electron chi connectivity index (χ0n) is 13.5. The number of nitrogens with one attached hydrogen (secondary N) is 1. The van der Waals surface area contributed by atoms with Crippen LogP contribution in [0.4, 0.5) is 10.2 Å². The Morgan fingerprint density at radius 1 is 1.04 bits per heavy atom. The highest BCUT2D eigenvalue weighted by Crippen LogP contribution is 2.36. The highest BCUT2D eigenvalue weighted by atomic mass is 32.1. The number of rotatable bonds is 4. The summed E-state index contributed by atoms with van der Waals surface area (Å²) in [4.78, 5) is 14.2. The van der Waals surface area contributed by atoms with E-state index in [0.717, 1.165) is 32.2 Å². The maximum Gasteiger partial charge on any atom is 0.147 e. The molecule has 0 saturated carbocycles. The second kappa shape index (κ2) is 6.57. The van der Waals surface area contributed by atoms with Crippen molar-refractivity contribution in [2.45, 2.75) is 13.0 Å². The highest BCUT2D eigenvalue weighted by Gasteiger charge is 2.13. The first-order chi connectivity index (χ1) is 12.2. The van der Waals surface area contributed by atoms with Crippen LogP contribution in [0.15, 0.2) is 61.1 Å². The predicted octanol–water partition coefficient (Wildman–Crippen LogP) is 5.07. The normalized spacial score (nSPS) is 12.2. The van der Waals surface area contributed by atoms with Gasteiger partial charge in [-0.1, -0.05) is 18.2 Å². The minimum absolute atomic E-state index is 0.0238. The fourth-order valence-corrected chi connectivity index (χ4v) is 3.69. The molecule has 6 heteroatoms. The number of halogens is 1. The van der Waals surface area contributed by atoms with Crippen molar-refractivity contribution in [3.05, 3.63) is 72.6 Å². The number of nitrogens with zero attached hydrogens (tertiary/aromatic N) is 3. The molecule has 0 spiro atoms. The highest BCUT2D eigenvalue weighted by molar-refractivity contribution is 7.22. The Hall–Kier alpha value is -2.86. The molecule has 4 nitrogen and oxygen atoms in total. The number of hydrogen-bond donors (Lipinski definition) is 1. The average molecular weight is 350 g/mol. The summed E-state index contributed by atoms with van der Waals surface area (Å²) in [6.45, 7) is 2.05. The van der Waals surface area contributed by atoms with Crippen molar-refractivity contribution in [3.63, 3.8) is 0 Å². The van der Waals surface area contributed by atoms with Gasteiger partial charge in [0.15, 0.2) is 0 Å². The molecule has 0 bridgehead atoms. The standard InChI is InChI=1S/C19H15FN4S/c1-12(15-4-2-3-9-21-15)24-19-18-16(22-11-23-19)10-17(25-18)13-5-7-14(20)8-6-13/h2-12H,1H3,(H,22,23,24). The van der Waals surface area contributed by atoms with Crippen LogP contribution in [0.1, 0.15) is 18.7 Å². The largest absolute Gasteiger partial charge is 0.361 e. The number of anilines is 1. The van der Waals surface area contributed by atoms with Gasteiger partial charge < -0.3 is 5.32 Å². The van der Waals surface area contributed by atoms with E-state index in [1.807, 2.05) is 31.2 Å². The van der Waals surface area contributed by atoms with Crippen LogP contribution < -0.4 is 5.32 Å². The number of benzene rings is 1. The van der Waals surface area contributed by atoms with Gasteiger partial charge in [0.05, 0.1) is 22.0 Å². The van der Waals surface area contributed by atoms with E-state index < -0.39 is 0 Å². The van der Waals surface area contributed by atoms with E-state index in [-0.39, 0.29) is 11.9 Å². The Morgan fingerprint density at radius 2 is 1.88 bits per heavy atom. The summed E-state index contributed by atoms with van der Waals surface area (Å²) in [6.07, 6.45) is 3.33. The van der Waals surface area contributed by atoms with Gasteiger partial charge in [-0.05, 0) is 42.8 Å². The van der Waals surface area contributed by atoms with Crippen molar-refractivity contribution in [2.24, 2.45) is 0 Å². The SMILES string of the molecule is CC(Nc1ncnc2cc(-c3ccc(F)cc3)sc12)c1ccccn1. The van der Waals surface area contributed by atoms with Crippen LogP contribution >= 0.6 is 11.3 Å². The number of fused-ring (bicyclic) bond motifs is 1. The van der Waals surface area contributed by atoms with Gasteiger partial charge in [0.1, 0.15) is 18.0 Å². The van der Waals surface area contributed by atoms with Crippen LogP contribution in [0, 0.1) is 5.82 Å². The molecule has 4 aromatic rings. The fraction of sp³-hybridized carbons (Fsp3) is 0.105. The molecule has 0 radical (unpaired) electrons. The minimum Gasteiger partial charge on any atom is -0.361 e. The van der Waals surface area contributed by atoms with Gasteiger partial charge in [0.25, 0.3) is 0 Å². The average Bonchev–Trinajstić information content (AvgIpc) is 3.08. The molecule has 1 aromatic carbocycles. The first-order valence-electron chi connectivity index (χ1n) is 7.88. The van der Waals surface area contributed by atoms with Gasteiger partial charge in [-0.2, -0.15) is 0 Å². The Bertz CT molecular complexity index is 999. The number of pyridine rings is 1. The third-order valence-corrected chi connectivity index (χ3v) is 5.10. The van der Waals surface area contributed by atoms with Gasteiger partial charge in [-0.25, -0.2) is 14.4 Å². The van der Waals surface area contributed by atoms with Gasteiger partial charge in [0.2, 0.25) is 0 Å². The molecule has 0 saturated heterocycles. The fourth-order valence-electron chi connectivity index (χ4n) is 2.62. The molecule has 3 aromatic heterocycles. The first-order valence-corrected chi connectivity index (χ1v) is 8.70. The van der Waals surface area contributed by atoms with Gasteiger partial charge in [0, 0.05) is 11.1 Å². The van der Waals surface area contributed by atoms with E-state index in [9.17, 15) is 4.39 Å². The topological polar surface area (TPSA) is 50.7 Å². The summed E-state index contributed by atoms with van der Waals surface area (Å²) in [6, 6.07) is 14.4. The molecule has 0 aliphatic rings. The van der Waals surface area contributed by atoms with Crippen molar-refractivity contribution >= 4 is 27.4 Å². The third kappa shape index (κ3) is 3.21. The molecule has 124 valence electrons. The first kappa shape index (κ1) is 15.7. The zero-order valence-corrected chi connectivity index (χ0v) is 14.3. The molecule has 4 rings (SSSR count). The quantitative estimate of drug-likeness (QED) is 0.558. The van der Waals surface area contributed by atoms with E-state index in [4.69, 9.17) is 0 Å². The zero-order chi connectivity index (χ0) is 17.2. The molecule has 0 amide bonds. The van der Waals surface area contributed by atoms with Gasteiger partial charge >= 0.3 is 0 Å². The summed E-state index contributed by atoms with van der Waals surface area (Å²) < 4.78 is 14.1. The van der Waals surface area contributed by atoms with Gasteiger partial charge in [-0.15, -0.1) is 11.3 Å². The monoisotopic (exact) mass is 350 g/mol. The van der Waals surface area contributed by atoms with Crippen LogP contribution in [-0.4, -0.2) is 15.0 Å². The molecule has 3 heterocycles. The van der Waals surface area contributed by atoms with Crippen LogP contribution in [0.5, 0.6) is 0 Å². The van der Waals surface area contributed by atoms with Crippen LogP contribution in [0.3, 0.4) is 0 Å². The molecule has 0 aliphatic heterocycles. The molecule has 1 N–H and O–H groups in total.